The summed E-state index contributed by atoms with van der Waals surface area (Å²) < 4.78 is 5.53. The van der Waals surface area contributed by atoms with Gasteiger partial charge in [-0.1, -0.05) is 23.8 Å². The molecular formula is C18H26N2O2. The quantitative estimate of drug-likeness (QED) is 0.723. The van der Waals surface area contributed by atoms with Crippen LogP contribution in [-0.2, 0) is 4.79 Å². The molecule has 2 rings (SSSR count). The first-order valence-electron chi connectivity index (χ1n) is 8.20. The Bertz CT molecular complexity index is 512. The van der Waals surface area contributed by atoms with Crippen molar-refractivity contribution in [2.75, 3.05) is 25.0 Å². The van der Waals surface area contributed by atoms with Crippen LogP contribution in [0.3, 0.4) is 0 Å². The van der Waals surface area contributed by atoms with E-state index in [4.69, 9.17) is 4.74 Å². The molecule has 0 saturated heterocycles. The van der Waals surface area contributed by atoms with Crippen molar-refractivity contribution in [2.24, 2.45) is 0 Å². The van der Waals surface area contributed by atoms with Gasteiger partial charge >= 0.3 is 0 Å². The summed E-state index contributed by atoms with van der Waals surface area (Å²) in [6, 6.07) is 7.68. The SMILES string of the molecule is CCOc1ccccc1NCC(=O)NCCC1=CCCCC1. The van der Waals surface area contributed by atoms with E-state index in [1.807, 2.05) is 31.2 Å². The summed E-state index contributed by atoms with van der Waals surface area (Å²) in [5.74, 6) is 0.799. The Hall–Kier alpha value is -1.97. The lowest BCUT2D eigenvalue weighted by atomic mass is 9.97. The maximum absolute atomic E-state index is 11.9. The van der Waals surface area contributed by atoms with Crippen LogP contribution in [-0.4, -0.2) is 25.6 Å². The number of anilines is 1. The monoisotopic (exact) mass is 302 g/mol. The summed E-state index contributed by atoms with van der Waals surface area (Å²) in [6.07, 6.45) is 8.27. The smallest absolute Gasteiger partial charge is 0.239 e. The van der Waals surface area contributed by atoms with Gasteiger partial charge in [0.1, 0.15) is 5.75 Å². The molecule has 1 aliphatic carbocycles. The average molecular weight is 302 g/mol. The number of benzene rings is 1. The minimum atomic E-state index is 0.0164. The number of para-hydroxylation sites is 2. The third-order valence-corrected chi connectivity index (χ3v) is 3.78. The van der Waals surface area contributed by atoms with Crippen molar-refractivity contribution in [3.05, 3.63) is 35.9 Å². The number of rotatable bonds is 8. The van der Waals surface area contributed by atoms with E-state index in [-0.39, 0.29) is 12.5 Å². The van der Waals surface area contributed by atoms with E-state index in [2.05, 4.69) is 16.7 Å². The standard InChI is InChI=1S/C18H26N2O2/c1-2-22-17-11-7-6-10-16(17)20-14-18(21)19-13-12-15-8-4-3-5-9-15/h6-8,10-11,20H,2-5,9,12-14H2,1H3,(H,19,21). The molecule has 0 aliphatic heterocycles. The highest BCUT2D eigenvalue weighted by Gasteiger charge is 2.06. The van der Waals surface area contributed by atoms with Crippen LogP contribution in [0, 0.1) is 0 Å². The van der Waals surface area contributed by atoms with Crippen LogP contribution in [0.1, 0.15) is 39.0 Å². The second kappa shape index (κ2) is 9.13. The molecule has 2 N–H and O–H groups in total. The summed E-state index contributed by atoms with van der Waals surface area (Å²) in [5, 5.41) is 6.10. The first-order chi connectivity index (χ1) is 10.8. The van der Waals surface area contributed by atoms with E-state index in [9.17, 15) is 4.79 Å². The van der Waals surface area contributed by atoms with Crippen LogP contribution in [0.4, 0.5) is 5.69 Å². The molecule has 0 aromatic heterocycles. The van der Waals surface area contributed by atoms with Crippen LogP contribution in [0.2, 0.25) is 0 Å². The Morgan fingerprint density at radius 3 is 2.91 bits per heavy atom. The molecule has 4 heteroatoms. The molecule has 120 valence electrons. The van der Waals surface area contributed by atoms with E-state index in [1.165, 1.54) is 31.3 Å². The van der Waals surface area contributed by atoms with Crippen molar-refractivity contribution in [2.45, 2.75) is 39.0 Å². The van der Waals surface area contributed by atoms with Crippen LogP contribution >= 0.6 is 0 Å². The maximum Gasteiger partial charge on any atom is 0.239 e. The minimum absolute atomic E-state index is 0.0164. The summed E-state index contributed by atoms with van der Waals surface area (Å²) >= 11 is 0. The van der Waals surface area contributed by atoms with E-state index in [0.717, 1.165) is 24.4 Å². The second-order valence-corrected chi connectivity index (χ2v) is 5.49. The Morgan fingerprint density at radius 1 is 1.27 bits per heavy atom. The highest BCUT2D eigenvalue weighted by atomic mass is 16.5. The zero-order valence-corrected chi connectivity index (χ0v) is 13.4. The number of carbonyl (C=O) groups excluding carboxylic acids is 1. The normalized spacial score (nSPS) is 14.1. The van der Waals surface area contributed by atoms with E-state index >= 15 is 0 Å². The van der Waals surface area contributed by atoms with Crippen molar-refractivity contribution < 1.29 is 9.53 Å². The number of ether oxygens (including phenoxy) is 1. The van der Waals surface area contributed by atoms with Gasteiger partial charge in [-0.3, -0.25) is 4.79 Å². The van der Waals surface area contributed by atoms with Gasteiger partial charge in [-0.15, -0.1) is 0 Å². The summed E-state index contributed by atoms with van der Waals surface area (Å²) in [7, 11) is 0. The molecule has 1 amide bonds. The molecule has 0 heterocycles. The maximum atomic E-state index is 11.9. The zero-order chi connectivity index (χ0) is 15.6. The number of hydrogen-bond acceptors (Lipinski definition) is 3. The Balaban J connectivity index is 1.70. The Morgan fingerprint density at radius 2 is 2.14 bits per heavy atom. The molecule has 0 saturated carbocycles. The van der Waals surface area contributed by atoms with E-state index in [1.54, 1.807) is 0 Å². The highest BCUT2D eigenvalue weighted by Crippen LogP contribution is 2.23. The number of allylic oxidation sites excluding steroid dienone is 1. The minimum Gasteiger partial charge on any atom is -0.492 e. The van der Waals surface area contributed by atoms with Crippen molar-refractivity contribution in [3.63, 3.8) is 0 Å². The van der Waals surface area contributed by atoms with Gasteiger partial charge in [-0.25, -0.2) is 0 Å². The third kappa shape index (κ3) is 5.43. The van der Waals surface area contributed by atoms with Crippen molar-refractivity contribution in [1.29, 1.82) is 0 Å². The lowest BCUT2D eigenvalue weighted by Crippen LogP contribution is -2.30. The van der Waals surface area contributed by atoms with Gasteiger partial charge in [0.2, 0.25) is 5.91 Å². The lowest BCUT2D eigenvalue weighted by Gasteiger charge is -2.14. The van der Waals surface area contributed by atoms with Crippen molar-refractivity contribution in [3.8, 4) is 5.75 Å². The molecule has 0 fully saturated rings. The molecule has 0 atom stereocenters. The fourth-order valence-electron chi connectivity index (χ4n) is 2.63. The predicted octanol–water partition coefficient (Wildman–Crippen LogP) is 3.50. The van der Waals surface area contributed by atoms with Crippen LogP contribution in [0.25, 0.3) is 0 Å². The topological polar surface area (TPSA) is 50.4 Å². The van der Waals surface area contributed by atoms with Gasteiger partial charge in [0.15, 0.2) is 0 Å². The van der Waals surface area contributed by atoms with Crippen molar-refractivity contribution >= 4 is 11.6 Å². The van der Waals surface area contributed by atoms with Gasteiger partial charge in [0.05, 0.1) is 18.8 Å². The molecule has 22 heavy (non-hydrogen) atoms. The molecule has 4 nitrogen and oxygen atoms in total. The number of nitrogens with one attached hydrogen (secondary N) is 2. The van der Waals surface area contributed by atoms with Gasteiger partial charge in [0, 0.05) is 6.54 Å². The molecule has 0 unspecified atom stereocenters. The molecule has 1 aromatic rings. The summed E-state index contributed by atoms with van der Waals surface area (Å²) in [6.45, 7) is 3.55. The molecule has 0 bridgehead atoms. The largest absolute Gasteiger partial charge is 0.492 e. The van der Waals surface area contributed by atoms with Crippen molar-refractivity contribution in [1.82, 2.24) is 5.32 Å². The first kappa shape index (κ1) is 16.4. The Kier molecular flexibility index (Phi) is 6.81. The Labute approximate surface area is 132 Å². The molecule has 1 aliphatic rings. The zero-order valence-electron chi connectivity index (χ0n) is 13.4. The molecule has 0 spiro atoms. The van der Waals surface area contributed by atoms with Crippen LogP contribution in [0.5, 0.6) is 5.75 Å². The van der Waals surface area contributed by atoms with E-state index < -0.39 is 0 Å². The predicted molar refractivity (Wildman–Crippen MR) is 90.3 cm³/mol. The number of carbonyl (C=O) groups is 1. The summed E-state index contributed by atoms with van der Waals surface area (Å²) in [4.78, 5) is 11.9. The van der Waals surface area contributed by atoms with Gasteiger partial charge < -0.3 is 15.4 Å². The van der Waals surface area contributed by atoms with E-state index in [0.29, 0.717) is 6.61 Å². The first-order valence-corrected chi connectivity index (χ1v) is 8.20. The second-order valence-electron chi connectivity index (χ2n) is 5.49. The fraction of sp³-hybridized carbons (Fsp3) is 0.500. The number of amides is 1. The molecular weight excluding hydrogens is 276 g/mol. The molecule has 0 radical (unpaired) electrons. The van der Waals surface area contributed by atoms with Crippen LogP contribution < -0.4 is 15.4 Å². The average Bonchev–Trinajstić information content (AvgIpc) is 2.55. The van der Waals surface area contributed by atoms with Crippen LogP contribution in [0.15, 0.2) is 35.9 Å². The number of hydrogen-bond donors (Lipinski definition) is 2. The fourth-order valence-corrected chi connectivity index (χ4v) is 2.63. The highest BCUT2D eigenvalue weighted by molar-refractivity contribution is 5.81. The molecule has 1 aromatic carbocycles. The summed E-state index contributed by atoms with van der Waals surface area (Å²) in [5.41, 5.74) is 2.34. The third-order valence-electron chi connectivity index (χ3n) is 3.78. The van der Waals surface area contributed by atoms with Gasteiger partial charge in [-0.2, -0.15) is 0 Å². The van der Waals surface area contributed by atoms with Gasteiger partial charge in [0.25, 0.3) is 0 Å². The van der Waals surface area contributed by atoms with Gasteiger partial charge in [-0.05, 0) is 51.2 Å². The lowest BCUT2D eigenvalue weighted by molar-refractivity contribution is -0.119.